The fraction of sp³-hybridized carbons (Fsp3) is 0.632. The van der Waals surface area contributed by atoms with Gasteiger partial charge in [-0.25, -0.2) is 4.99 Å². The number of anilines is 1. The van der Waals surface area contributed by atoms with Crippen LogP contribution in [0.4, 0.5) is 5.69 Å². The number of nitrogens with zero attached hydrogens (tertiary/aromatic N) is 3. The average Bonchev–Trinajstić information content (AvgIpc) is 2.64. The van der Waals surface area contributed by atoms with Crippen molar-refractivity contribution in [3.8, 4) is 0 Å². The van der Waals surface area contributed by atoms with Crippen molar-refractivity contribution in [1.82, 2.24) is 15.5 Å². The van der Waals surface area contributed by atoms with Crippen LogP contribution in [0.5, 0.6) is 0 Å². The number of ether oxygens (including phenoxy) is 1. The van der Waals surface area contributed by atoms with Gasteiger partial charge in [-0.2, -0.15) is 0 Å². The zero-order valence-electron chi connectivity index (χ0n) is 16.2. The molecular formula is C19H32ClN5O. The molecule has 0 unspecified atom stereocenters. The van der Waals surface area contributed by atoms with Gasteiger partial charge in [-0.1, -0.05) is 17.7 Å². The van der Waals surface area contributed by atoms with Gasteiger partial charge in [0.2, 0.25) is 0 Å². The monoisotopic (exact) mass is 381 g/mol. The number of hydrogen-bond donors (Lipinski definition) is 2. The summed E-state index contributed by atoms with van der Waals surface area (Å²) in [5.41, 5.74) is 2.28. The first-order valence-corrected chi connectivity index (χ1v) is 9.84. The maximum Gasteiger partial charge on any atom is 0.191 e. The molecule has 26 heavy (non-hydrogen) atoms. The van der Waals surface area contributed by atoms with Crippen LogP contribution in [-0.2, 0) is 11.3 Å². The topological polar surface area (TPSA) is 52.1 Å². The summed E-state index contributed by atoms with van der Waals surface area (Å²) in [4.78, 5) is 9.49. The van der Waals surface area contributed by atoms with Gasteiger partial charge in [0.25, 0.3) is 0 Å². The molecule has 146 valence electrons. The number of guanidine groups is 1. The van der Waals surface area contributed by atoms with Gasteiger partial charge in [-0.05, 0) is 33.0 Å². The molecule has 0 radical (unpaired) electrons. The smallest absolute Gasteiger partial charge is 0.191 e. The fourth-order valence-corrected chi connectivity index (χ4v) is 3.16. The van der Waals surface area contributed by atoms with Crippen LogP contribution in [0.25, 0.3) is 0 Å². The second-order valence-corrected chi connectivity index (χ2v) is 6.75. The summed E-state index contributed by atoms with van der Waals surface area (Å²) in [6, 6.07) is 6.12. The van der Waals surface area contributed by atoms with Crippen molar-refractivity contribution in [3.63, 3.8) is 0 Å². The lowest BCUT2D eigenvalue weighted by Gasteiger charge is -2.35. The third kappa shape index (κ3) is 6.34. The molecule has 1 aliphatic rings. The quantitative estimate of drug-likeness (QED) is 0.410. The largest absolute Gasteiger partial charge is 0.380 e. The highest BCUT2D eigenvalue weighted by molar-refractivity contribution is 6.31. The van der Waals surface area contributed by atoms with Gasteiger partial charge in [0, 0.05) is 62.1 Å². The Bertz CT molecular complexity index is 573. The van der Waals surface area contributed by atoms with E-state index in [0.717, 1.165) is 62.4 Å². The van der Waals surface area contributed by atoms with Crippen molar-refractivity contribution in [1.29, 1.82) is 0 Å². The summed E-state index contributed by atoms with van der Waals surface area (Å²) >= 11 is 6.52. The van der Waals surface area contributed by atoms with E-state index in [1.54, 1.807) is 0 Å². The zero-order valence-corrected chi connectivity index (χ0v) is 17.0. The minimum atomic E-state index is 0.547. The molecule has 0 bridgehead atoms. The first-order chi connectivity index (χ1) is 12.7. The molecule has 1 aliphatic heterocycles. The maximum absolute atomic E-state index is 6.52. The number of halogens is 1. The first kappa shape index (κ1) is 20.8. The van der Waals surface area contributed by atoms with Crippen LogP contribution >= 0.6 is 11.6 Å². The van der Waals surface area contributed by atoms with Crippen LogP contribution in [-0.4, -0.2) is 70.4 Å². The number of likely N-dealkylation sites (N-methyl/N-ethyl adjacent to an activating group) is 1. The normalized spacial score (nSPS) is 16.0. The molecule has 2 rings (SSSR count). The molecule has 6 nitrogen and oxygen atoms in total. The minimum Gasteiger partial charge on any atom is -0.380 e. The van der Waals surface area contributed by atoms with Crippen LogP contribution in [0.15, 0.2) is 23.2 Å². The zero-order chi connectivity index (χ0) is 18.8. The lowest BCUT2D eigenvalue weighted by atomic mass is 10.1. The number of nitrogens with one attached hydrogen (secondary N) is 2. The number of piperazine rings is 1. The molecule has 1 fully saturated rings. The Morgan fingerprint density at radius 2 is 1.96 bits per heavy atom. The van der Waals surface area contributed by atoms with Crippen molar-refractivity contribution in [3.05, 3.63) is 28.8 Å². The Morgan fingerprint density at radius 1 is 1.19 bits per heavy atom. The molecule has 0 aromatic heterocycles. The van der Waals surface area contributed by atoms with Gasteiger partial charge in [-0.3, -0.25) is 0 Å². The van der Waals surface area contributed by atoms with Gasteiger partial charge in [0.1, 0.15) is 0 Å². The van der Waals surface area contributed by atoms with Crippen molar-refractivity contribution in [2.24, 2.45) is 4.99 Å². The Labute approximate surface area is 162 Å². The first-order valence-electron chi connectivity index (χ1n) is 9.46. The van der Waals surface area contributed by atoms with E-state index in [1.165, 1.54) is 5.69 Å². The second kappa shape index (κ2) is 11.3. The van der Waals surface area contributed by atoms with E-state index in [-0.39, 0.29) is 0 Å². The highest BCUT2D eigenvalue weighted by Gasteiger charge is 2.18. The van der Waals surface area contributed by atoms with E-state index in [2.05, 4.69) is 40.5 Å². The molecule has 7 heteroatoms. The van der Waals surface area contributed by atoms with Crippen LogP contribution in [0.1, 0.15) is 19.4 Å². The van der Waals surface area contributed by atoms with E-state index in [0.29, 0.717) is 13.2 Å². The highest BCUT2D eigenvalue weighted by Crippen LogP contribution is 2.29. The summed E-state index contributed by atoms with van der Waals surface area (Å²) in [6.07, 6.45) is 0. The number of benzene rings is 1. The van der Waals surface area contributed by atoms with E-state index in [4.69, 9.17) is 21.3 Å². The molecule has 0 spiro atoms. The highest BCUT2D eigenvalue weighted by atomic mass is 35.5. The lowest BCUT2D eigenvalue weighted by Crippen LogP contribution is -2.44. The van der Waals surface area contributed by atoms with Gasteiger partial charge in [-0.15, -0.1) is 0 Å². The molecule has 0 atom stereocenters. The molecule has 0 saturated carbocycles. The summed E-state index contributed by atoms with van der Waals surface area (Å²) in [6.45, 7) is 11.7. The molecule has 1 saturated heterocycles. The Balaban J connectivity index is 2.08. The molecule has 2 N–H and O–H groups in total. The molecule has 0 aliphatic carbocycles. The third-order valence-electron chi connectivity index (χ3n) is 4.42. The second-order valence-electron chi connectivity index (χ2n) is 6.35. The predicted molar refractivity (Wildman–Crippen MR) is 110 cm³/mol. The molecule has 1 aromatic carbocycles. The van der Waals surface area contributed by atoms with Crippen molar-refractivity contribution in [2.45, 2.75) is 20.4 Å². The predicted octanol–water partition coefficient (Wildman–Crippen LogP) is 2.18. The number of aliphatic imine (C=N–C) groups is 1. The Morgan fingerprint density at radius 3 is 2.65 bits per heavy atom. The van der Waals surface area contributed by atoms with Crippen molar-refractivity contribution < 1.29 is 4.74 Å². The average molecular weight is 382 g/mol. The van der Waals surface area contributed by atoms with E-state index >= 15 is 0 Å². The van der Waals surface area contributed by atoms with Crippen LogP contribution in [0.2, 0.25) is 5.02 Å². The van der Waals surface area contributed by atoms with Crippen molar-refractivity contribution in [2.75, 3.05) is 64.4 Å². The van der Waals surface area contributed by atoms with Crippen LogP contribution in [0.3, 0.4) is 0 Å². The number of rotatable bonds is 8. The van der Waals surface area contributed by atoms with Gasteiger partial charge in [0.05, 0.1) is 13.2 Å². The number of hydrogen-bond acceptors (Lipinski definition) is 4. The standard InChI is InChI=1S/C19H32ClN5O/c1-4-21-19(22-9-14-26-5-2)23-15-16-17(20)7-6-8-18(16)25-12-10-24(3)11-13-25/h6-8H,4-5,9-15H2,1-3H3,(H2,21,22,23). The van der Waals surface area contributed by atoms with E-state index < -0.39 is 0 Å². The molecular weight excluding hydrogens is 350 g/mol. The maximum atomic E-state index is 6.52. The van der Waals surface area contributed by atoms with Crippen LogP contribution in [0, 0.1) is 0 Å². The SMILES string of the molecule is CCNC(=NCc1c(Cl)cccc1N1CCN(C)CC1)NCCOCC. The molecule has 1 heterocycles. The van der Waals surface area contributed by atoms with Gasteiger partial charge < -0.3 is 25.2 Å². The van der Waals surface area contributed by atoms with Crippen molar-refractivity contribution >= 4 is 23.2 Å². The van der Waals surface area contributed by atoms with E-state index in [9.17, 15) is 0 Å². The Kier molecular flexibility index (Phi) is 9.01. The van der Waals surface area contributed by atoms with Gasteiger partial charge in [0.15, 0.2) is 5.96 Å². The molecule has 0 amide bonds. The lowest BCUT2D eigenvalue weighted by molar-refractivity contribution is 0.152. The summed E-state index contributed by atoms with van der Waals surface area (Å²) in [5, 5.41) is 7.35. The van der Waals surface area contributed by atoms with Gasteiger partial charge >= 0.3 is 0 Å². The summed E-state index contributed by atoms with van der Waals surface area (Å²) < 4.78 is 5.37. The minimum absolute atomic E-state index is 0.547. The van der Waals surface area contributed by atoms with Crippen LogP contribution < -0.4 is 15.5 Å². The third-order valence-corrected chi connectivity index (χ3v) is 4.77. The molecule has 1 aromatic rings. The summed E-state index contributed by atoms with van der Waals surface area (Å²) in [7, 11) is 2.16. The fourth-order valence-electron chi connectivity index (χ4n) is 2.93. The Hall–Kier alpha value is -1.50. The van der Waals surface area contributed by atoms with E-state index in [1.807, 2.05) is 19.1 Å². The summed E-state index contributed by atoms with van der Waals surface area (Å²) in [5.74, 6) is 0.788.